The summed E-state index contributed by atoms with van der Waals surface area (Å²) in [4.78, 5) is 26.1. The summed E-state index contributed by atoms with van der Waals surface area (Å²) in [6, 6.07) is -0.716. The molecule has 0 saturated carbocycles. The lowest BCUT2D eigenvalue weighted by Crippen LogP contribution is -2.46. The molecule has 0 aliphatic carbocycles. The Kier molecular flexibility index (Phi) is 45.2. The summed E-state index contributed by atoms with van der Waals surface area (Å²) in [7, 11) is 0. The molecule has 0 fully saturated rings. The van der Waals surface area contributed by atoms with E-state index in [1.807, 2.05) is 6.08 Å². The Morgan fingerprint density at radius 3 is 1.27 bits per heavy atom. The summed E-state index contributed by atoms with van der Waals surface area (Å²) in [5.41, 5.74) is 0. The molecule has 0 saturated heterocycles. The van der Waals surface area contributed by atoms with Crippen LogP contribution in [0.3, 0.4) is 0 Å². The number of allylic oxidation sites excluding steroid dienone is 12. The number of hydrogen-bond donors (Lipinski definition) is 3. The number of aliphatic hydroxyl groups is 2. The predicted octanol–water partition coefficient (Wildman–Crippen LogP) is 15.0. The maximum Gasteiger partial charge on any atom is 0.306 e. The van der Waals surface area contributed by atoms with Crippen molar-refractivity contribution in [3.63, 3.8) is 0 Å². The van der Waals surface area contributed by atoms with Crippen LogP contribution in [-0.4, -0.2) is 46.9 Å². The number of amides is 1. The zero-order valence-electron chi connectivity index (χ0n) is 39.3. The van der Waals surface area contributed by atoms with E-state index >= 15 is 0 Å². The number of carbonyl (C=O) groups is 2. The smallest absolute Gasteiger partial charge is 0.306 e. The van der Waals surface area contributed by atoms with Crippen molar-refractivity contribution in [1.82, 2.24) is 5.32 Å². The van der Waals surface area contributed by atoms with Gasteiger partial charge >= 0.3 is 5.97 Å². The Labute approximate surface area is 371 Å². The summed E-state index contributed by atoms with van der Waals surface area (Å²) in [6.45, 7) is 6.33. The Bertz CT molecular complexity index is 1120. The van der Waals surface area contributed by atoms with Gasteiger partial charge in [-0.05, 0) is 64.2 Å². The van der Waals surface area contributed by atoms with E-state index in [0.29, 0.717) is 19.3 Å². The summed E-state index contributed by atoms with van der Waals surface area (Å²) >= 11 is 0. The molecule has 0 spiro atoms. The molecule has 0 heterocycles. The van der Waals surface area contributed by atoms with Crippen LogP contribution in [0.2, 0.25) is 0 Å². The average molecular weight is 838 g/mol. The molecule has 3 unspecified atom stereocenters. The maximum atomic E-state index is 13.2. The van der Waals surface area contributed by atoms with Crippen LogP contribution in [0.15, 0.2) is 72.9 Å². The molecule has 0 rings (SSSR count). The summed E-state index contributed by atoms with van der Waals surface area (Å²) in [5.74, 6) is -0.573. The van der Waals surface area contributed by atoms with Crippen LogP contribution in [0, 0.1) is 0 Å². The first-order chi connectivity index (χ1) is 29.5. The minimum absolute atomic E-state index is 0.0468. The lowest BCUT2D eigenvalue weighted by atomic mass is 10.0. The zero-order chi connectivity index (χ0) is 43.8. The molecule has 1 amide bonds. The Balaban J connectivity index is 4.67. The van der Waals surface area contributed by atoms with E-state index in [4.69, 9.17) is 4.74 Å². The van der Waals surface area contributed by atoms with Crippen molar-refractivity contribution < 1.29 is 24.5 Å². The third-order valence-corrected chi connectivity index (χ3v) is 11.1. The molecule has 3 N–H and O–H groups in total. The van der Waals surface area contributed by atoms with Crippen molar-refractivity contribution in [3.05, 3.63) is 72.9 Å². The number of aliphatic hydroxyl groups excluding tert-OH is 2. The Morgan fingerprint density at radius 2 is 0.867 bits per heavy atom. The van der Waals surface area contributed by atoms with Gasteiger partial charge in [-0.3, -0.25) is 9.59 Å². The molecule has 6 nitrogen and oxygen atoms in total. The molecule has 0 aliphatic rings. The van der Waals surface area contributed by atoms with Crippen molar-refractivity contribution in [2.45, 2.75) is 251 Å². The van der Waals surface area contributed by atoms with Gasteiger partial charge in [0.15, 0.2) is 0 Å². The van der Waals surface area contributed by atoms with Crippen LogP contribution in [0.25, 0.3) is 0 Å². The fraction of sp³-hybridized carbons (Fsp3) is 0.741. The number of unbranched alkanes of at least 4 members (excludes halogenated alkanes) is 20. The minimum Gasteiger partial charge on any atom is -0.462 e. The fourth-order valence-corrected chi connectivity index (χ4v) is 7.28. The van der Waals surface area contributed by atoms with Crippen molar-refractivity contribution in [1.29, 1.82) is 0 Å². The predicted molar refractivity (Wildman–Crippen MR) is 259 cm³/mol. The minimum atomic E-state index is -0.799. The molecule has 346 valence electrons. The third kappa shape index (κ3) is 42.0. The molecule has 0 radical (unpaired) electrons. The fourth-order valence-electron chi connectivity index (χ4n) is 7.28. The second-order valence-corrected chi connectivity index (χ2v) is 16.8. The standard InChI is InChI=1S/C54H95NO5/c1-4-7-10-13-16-19-22-24-25-26-27-28-29-30-32-35-38-41-44-47-54(59)60-50(45-42-39-36-33-31-23-20-17-14-11-8-5-2)48-53(58)55-51(49-56)52(57)46-43-40-37-34-21-18-15-12-9-6-3/h7,10,16,19,24-25,27-28,30,32,38,41,50-52,56-57H,4-6,8-9,11-15,17-18,20-23,26,29,31,33-37,39-40,42-49H2,1-3H3,(H,55,58)/b10-7-,19-16-,25-24-,28-27-,32-30-,41-38-. The Morgan fingerprint density at radius 1 is 0.500 bits per heavy atom. The van der Waals surface area contributed by atoms with Gasteiger partial charge in [0, 0.05) is 6.42 Å². The van der Waals surface area contributed by atoms with E-state index in [1.165, 1.54) is 103 Å². The third-order valence-electron chi connectivity index (χ3n) is 11.1. The van der Waals surface area contributed by atoms with E-state index < -0.39 is 18.2 Å². The molecule has 60 heavy (non-hydrogen) atoms. The Hall–Kier alpha value is -2.70. The van der Waals surface area contributed by atoms with Gasteiger partial charge in [0.1, 0.15) is 6.10 Å². The van der Waals surface area contributed by atoms with Crippen LogP contribution < -0.4 is 5.32 Å². The first kappa shape index (κ1) is 57.3. The highest BCUT2D eigenvalue weighted by Crippen LogP contribution is 2.17. The number of carbonyl (C=O) groups excluding carboxylic acids is 2. The molecular weight excluding hydrogens is 743 g/mol. The monoisotopic (exact) mass is 838 g/mol. The van der Waals surface area contributed by atoms with E-state index in [-0.39, 0.29) is 31.3 Å². The van der Waals surface area contributed by atoms with Gasteiger partial charge in [-0.25, -0.2) is 0 Å². The number of hydrogen-bond acceptors (Lipinski definition) is 5. The topological polar surface area (TPSA) is 95.9 Å². The largest absolute Gasteiger partial charge is 0.462 e. The van der Waals surface area contributed by atoms with Crippen molar-refractivity contribution in [2.75, 3.05) is 6.61 Å². The molecule has 3 atom stereocenters. The van der Waals surface area contributed by atoms with Gasteiger partial charge < -0.3 is 20.3 Å². The van der Waals surface area contributed by atoms with Crippen molar-refractivity contribution in [3.8, 4) is 0 Å². The van der Waals surface area contributed by atoms with E-state index in [9.17, 15) is 19.8 Å². The highest BCUT2D eigenvalue weighted by molar-refractivity contribution is 5.77. The van der Waals surface area contributed by atoms with Crippen LogP contribution in [0.4, 0.5) is 0 Å². The second-order valence-electron chi connectivity index (χ2n) is 16.8. The van der Waals surface area contributed by atoms with Crippen LogP contribution in [0.1, 0.15) is 233 Å². The molecule has 0 aliphatic heterocycles. The molecule has 0 aromatic heterocycles. The van der Waals surface area contributed by atoms with Gasteiger partial charge in [0.25, 0.3) is 0 Å². The molecular formula is C54H95NO5. The second kappa shape index (κ2) is 47.4. The summed E-state index contributed by atoms with van der Waals surface area (Å²) < 4.78 is 5.88. The van der Waals surface area contributed by atoms with E-state index in [0.717, 1.165) is 77.0 Å². The quantitative estimate of drug-likeness (QED) is 0.0323. The zero-order valence-corrected chi connectivity index (χ0v) is 39.3. The summed E-state index contributed by atoms with van der Waals surface area (Å²) in [5, 5.41) is 23.7. The number of nitrogens with one attached hydrogen (secondary N) is 1. The average Bonchev–Trinajstić information content (AvgIpc) is 3.24. The number of esters is 1. The first-order valence-corrected chi connectivity index (χ1v) is 25.2. The highest BCUT2D eigenvalue weighted by Gasteiger charge is 2.24. The van der Waals surface area contributed by atoms with Crippen LogP contribution in [-0.2, 0) is 14.3 Å². The summed E-state index contributed by atoms with van der Waals surface area (Å²) in [6.07, 6.45) is 59.7. The molecule has 0 aromatic carbocycles. The lowest BCUT2D eigenvalue weighted by Gasteiger charge is -2.24. The molecule has 6 heteroatoms. The lowest BCUT2D eigenvalue weighted by molar-refractivity contribution is -0.150. The van der Waals surface area contributed by atoms with Gasteiger partial charge in [-0.2, -0.15) is 0 Å². The van der Waals surface area contributed by atoms with Crippen LogP contribution >= 0.6 is 0 Å². The van der Waals surface area contributed by atoms with E-state index in [2.05, 4.69) is 92.9 Å². The SMILES string of the molecule is CC/C=C\C/C=C\C/C=C\C/C=C\C/C=C\C/C=C\CCC(=O)OC(CCCCCCCCCCCCCC)CC(=O)NC(CO)C(O)CCCCCCCCCCCC. The number of ether oxygens (including phenoxy) is 1. The van der Waals surface area contributed by atoms with E-state index in [1.54, 1.807) is 0 Å². The van der Waals surface area contributed by atoms with Crippen molar-refractivity contribution >= 4 is 11.9 Å². The normalized spacial score (nSPS) is 13.9. The van der Waals surface area contributed by atoms with Gasteiger partial charge in [0.05, 0.1) is 25.2 Å². The molecule has 0 bridgehead atoms. The first-order valence-electron chi connectivity index (χ1n) is 25.2. The maximum absolute atomic E-state index is 13.2. The molecule has 0 aromatic rings. The van der Waals surface area contributed by atoms with Crippen LogP contribution in [0.5, 0.6) is 0 Å². The van der Waals surface area contributed by atoms with Gasteiger partial charge in [-0.1, -0.05) is 229 Å². The highest BCUT2D eigenvalue weighted by atomic mass is 16.5. The van der Waals surface area contributed by atoms with Crippen molar-refractivity contribution in [2.24, 2.45) is 0 Å². The number of rotatable bonds is 44. The van der Waals surface area contributed by atoms with Gasteiger partial charge in [-0.15, -0.1) is 0 Å². The van der Waals surface area contributed by atoms with Gasteiger partial charge in [0.2, 0.25) is 5.91 Å².